The number of ether oxygens (including phenoxy) is 3. The highest BCUT2D eigenvalue weighted by atomic mass is 16.7. The molecule has 124 valence electrons. The van der Waals surface area contributed by atoms with Crippen molar-refractivity contribution in [3.63, 3.8) is 0 Å². The maximum Gasteiger partial charge on any atom is 0.333 e. The van der Waals surface area contributed by atoms with Gasteiger partial charge in [0.15, 0.2) is 0 Å². The van der Waals surface area contributed by atoms with Crippen LogP contribution in [0.15, 0.2) is 54.6 Å². The van der Waals surface area contributed by atoms with Gasteiger partial charge in [0.25, 0.3) is 0 Å². The fraction of sp³-hybridized carbons (Fsp3) is 0.222. The van der Waals surface area contributed by atoms with E-state index in [2.05, 4.69) is 0 Å². The minimum Gasteiger partial charge on any atom is -0.497 e. The third kappa shape index (κ3) is 2.55. The summed E-state index contributed by atoms with van der Waals surface area (Å²) < 4.78 is 15.7. The first-order valence-electron chi connectivity index (χ1n) is 7.38. The zero-order valence-electron chi connectivity index (χ0n) is 13.4. The minimum atomic E-state index is -1.88. The quantitative estimate of drug-likeness (QED) is 0.462. The van der Waals surface area contributed by atoms with Gasteiger partial charge in [-0.15, -0.1) is 0 Å². The molecule has 0 aromatic heterocycles. The molecule has 0 bridgehead atoms. The molecule has 0 unspecified atom stereocenters. The lowest BCUT2D eigenvalue weighted by Gasteiger charge is -2.43. The summed E-state index contributed by atoms with van der Waals surface area (Å²) in [6.45, 7) is 0.0998. The first-order chi connectivity index (χ1) is 11.6. The molecule has 0 saturated carbocycles. The highest BCUT2D eigenvalue weighted by Crippen LogP contribution is 2.35. The predicted octanol–water partition coefficient (Wildman–Crippen LogP) is 2.13. The van der Waals surface area contributed by atoms with E-state index in [4.69, 9.17) is 14.2 Å². The highest BCUT2D eigenvalue weighted by Gasteiger charge is 2.64. The van der Waals surface area contributed by atoms with E-state index in [-0.39, 0.29) is 6.61 Å². The second-order valence-corrected chi connectivity index (χ2v) is 5.24. The number of hydrogen-bond acceptors (Lipinski definition) is 5. The maximum absolute atomic E-state index is 12.5. The van der Waals surface area contributed by atoms with Gasteiger partial charge in [0.2, 0.25) is 0 Å². The molecule has 1 aliphatic heterocycles. The van der Waals surface area contributed by atoms with Crippen LogP contribution in [0.4, 0.5) is 5.69 Å². The molecule has 2 aromatic carbocycles. The van der Waals surface area contributed by atoms with Gasteiger partial charge in [-0.05, 0) is 29.8 Å². The number of anilines is 1. The normalized spacial score (nSPS) is 16.0. The molecule has 0 N–H and O–H groups in total. The number of imide groups is 1. The molecule has 0 radical (unpaired) electrons. The lowest BCUT2D eigenvalue weighted by atomic mass is 10.0. The molecule has 0 aliphatic carbocycles. The minimum absolute atomic E-state index is 0.0998. The molecule has 6 nitrogen and oxygen atoms in total. The Morgan fingerprint density at radius 3 is 2.08 bits per heavy atom. The zero-order valence-corrected chi connectivity index (χ0v) is 13.4. The Bertz CT molecular complexity index is 726. The molecular formula is C18H17NO5. The summed E-state index contributed by atoms with van der Waals surface area (Å²) in [5.41, 5.74) is 1.29. The topological polar surface area (TPSA) is 65.1 Å². The second kappa shape index (κ2) is 6.43. The summed E-state index contributed by atoms with van der Waals surface area (Å²) >= 11 is 0. The lowest BCUT2D eigenvalue weighted by Crippen LogP contribution is -2.73. The van der Waals surface area contributed by atoms with Crippen LogP contribution in [0.1, 0.15) is 5.56 Å². The molecule has 24 heavy (non-hydrogen) atoms. The Morgan fingerprint density at radius 2 is 1.54 bits per heavy atom. The van der Waals surface area contributed by atoms with Crippen molar-refractivity contribution in [2.24, 2.45) is 0 Å². The molecular weight excluding hydrogens is 310 g/mol. The summed E-state index contributed by atoms with van der Waals surface area (Å²) in [4.78, 5) is 26.1. The van der Waals surface area contributed by atoms with Gasteiger partial charge in [-0.3, -0.25) is 9.59 Å². The third-order valence-electron chi connectivity index (χ3n) is 3.87. The predicted molar refractivity (Wildman–Crippen MR) is 86.5 cm³/mol. The van der Waals surface area contributed by atoms with Crippen molar-refractivity contribution in [1.29, 1.82) is 0 Å². The Hall–Kier alpha value is -2.70. The summed E-state index contributed by atoms with van der Waals surface area (Å²) in [5, 5.41) is 0. The van der Waals surface area contributed by atoms with E-state index in [1.54, 1.807) is 31.4 Å². The van der Waals surface area contributed by atoms with Crippen molar-refractivity contribution in [3.8, 4) is 5.75 Å². The summed E-state index contributed by atoms with van der Waals surface area (Å²) in [6.07, 6.45) is 0. The van der Waals surface area contributed by atoms with E-state index in [0.29, 0.717) is 11.4 Å². The Kier molecular flexibility index (Phi) is 4.33. The van der Waals surface area contributed by atoms with Crippen molar-refractivity contribution in [3.05, 3.63) is 60.2 Å². The average Bonchev–Trinajstić information content (AvgIpc) is 2.64. The summed E-state index contributed by atoms with van der Waals surface area (Å²) in [6, 6.07) is 15.9. The van der Waals surface area contributed by atoms with E-state index in [1.807, 2.05) is 30.3 Å². The van der Waals surface area contributed by atoms with E-state index in [1.165, 1.54) is 7.11 Å². The molecule has 3 rings (SSSR count). The second-order valence-electron chi connectivity index (χ2n) is 5.24. The number of nitrogens with zero attached hydrogens (tertiary/aromatic N) is 1. The number of β-lactam (4-membered cyclic amide) rings is 2. The molecule has 2 amide bonds. The molecule has 1 saturated heterocycles. The van der Waals surface area contributed by atoms with E-state index >= 15 is 0 Å². The molecule has 1 aliphatic rings. The van der Waals surface area contributed by atoms with Crippen LogP contribution >= 0.6 is 0 Å². The molecule has 1 fully saturated rings. The van der Waals surface area contributed by atoms with Crippen LogP contribution in [0.5, 0.6) is 5.75 Å². The standard InChI is InChI=1S/C18H17NO5/c1-22-15-10-8-14(9-11-15)19-16(20)18(23-2,17(19)21)24-12-13-6-4-3-5-7-13/h3-11H,12H2,1-2H3. The van der Waals surface area contributed by atoms with Crippen molar-refractivity contribution < 1.29 is 23.8 Å². The molecule has 0 spiro atoms. The number of carbonyl (C=O) groups excluding carboxylic acids is 2. The molecule has 6 heteroatoms. The van der Waals surface area contributed by atoms with Gasteiger partial charge in [0.1, 0.15) is 5.75 Å². The van der Waals surface area contributed by atoms with Gasteiger partial charge in [0, 0.05) is 7.11 Å². The molecule has 2 aromatic rings. The van der Waals surface area contributed by atoms with Crippen molar-refractivity contribution >= 4 is 17.5 Å². The first-order valence-corrected chi connectivity index (χ1v) is 7.38. The SMILES string of the molecule is COc1ccc(N2C(=O)C(OC)(OCc3ccccc3)C2=O)cc1. The average molecular weight is 327 g/mol. The smallest absolute Gasteiger partial charge is 0.333 e. The van der Waals surface area contributed by atoms with Gasteiger partial charge in [0.05, 0.1) is 19.4 Å². The number of rotatable bonds is 6. The van der Waals surface area contributed by atoms with Gasteiger partial charge in [-0.1, -0.05) is 30.3 Å². The van der Waals surface area contributed by atoms with Crippen LogP contribution in [-0.4, -0.2) is 31.8 Å². The number of carbonyl (C=O) groups is 2. The van der Waals surface area contributed by atoms with Crippen molar-refractivity contribution in [2.45, 2.75) is 12.4 Å². The van der Waals surface area contributed by atoms with Crippen LogP contribution in [0.25, 0.3) is 0 Å². The van der Waals surface area contributed by atoms with Gasteiger partial charge in [-0.25, -0.2) is 4.90 Å². The number of hydrogen-bond donors (Lipinski definition) is 0. The molecule has 0 atom stereocenters. The highest BCUT2D eigenvalue weighted by molar-refractivity contribution is 6.37. The zero-order chi connectivity index (χ0) is 17.2. The van der Waals surface area contributed by atoms with Crippen LogP contribution in [0.2, 0.25) is 0 Å². The van der Waals surface area contributed by atoms with Gasteiger partial charge in [-0.2, -0.15) is 0 Å². The lowest BCUT2D eigenvalue weighted by molar-refractivity contribution is -0.232. The largest absolute Gasteiger partial charge is 0.497 e. The number of amides is 2. The fourth-order valence-corrected chi connectivity index (χ4v) is 2.51. The van der Waals surface area contributed by atoms with Crippen LogP contribution in [0, 0.1) is 0 Å². The van der Waals surface area contributed by atoms with Crippen molar-refractivity contribution in [1.82, 2.24) is 0 Å². The maximum atomic E-state index is 12.5. The van der Waals surface area contributed by atoms with E-state index in [0.717, 1.165) is 10.5 Å². The number of benzene rings is 2. The Balaban J connectivity index is 1.76. The first kappa shape index (κ1) is 16.2. The monoisotopic (exact) mass is 327 g/mol. The summed E-state index contributed by atoms with van der Waals surface area (Å²) in [7, 11) is 2.83. The number of methoxy groups -OCH3 is 2. The summed E-state index contributed by atoms with van der Waals surface area (Å²) in [5.74, 6) is -2.33. The Morgan fingerprint density at radius 1 is 0.917 bits per heavy atom. The van der Waals surface area contributed by atoms with Gasteiger partial charge < -0.3 is 14.2 Å². The van der Waals surface area contributed by atoms with E-state index in [9.17, 15) is 9.59 Å². The van der Waals surface area contributed by atoms with Crippen LogP contribution in [-0.2, 0) is 25.7 Å². The van der Waals surface area contributed by atoms with Crippen LogP contribution in [0.3, 0.4) is 0 Å². The van der Waals surface area contributed by atoms with Gasteiger partial charge >= 0.3 is 17.6 Å². The van der Waals surface area contributed by atoms with Crippen molar-refractivity contribution in [2.75, 3.05) is 19.1 Å². The Labute approximate surface area is 139 Å². The fourth-order valence-electron chi connectivity index (χ4n) is 2.51. The third-order valence-corrected chi connectivity index (χ3v) is 3.87. The molecule has 1 heterocycles. The van der Waals surface area contributed by atoms with Crippen LogP contribution < -0.4 is 9.64 Å². The van der Waals surface area contributed by atoms with E-state index < -0.39 is 17.6 Å².